The second kappa shape index (κ2) is 14.5. The third kappa shape index (κ3) is 5.72. The van der Waals surface area contributed by atoms with Gasteiger partial charge in [0, 0.05) is 54.9 Å². The Kier molecular flexibility index (Phi) is 8.19. The summed E-state index contributed by atoms with van der Waals surface area (Å²) in [5.41, 5.74) is 17.7. The van der Waals surface area contributed by atoms with Gasteiger partial charge in [0.2, 0.25) is 5.89 Å². The fourth-order valence-corrected chi connectivity index (χ4v) is 10.7. The lowest BCUT2D eigenvalue weighted by molar-refractivity contribution is 0.620. The molecule has 1 aliphatic carbocycles. The summed E-state index contributed by atoms with van der Waals surface area (Å²) >= 11 is 0. The zero-order valence-corrected chi connectivity index (χ0v) is 37.2. The van der Waals surface area contributed by atoms with E-state index in [1.165, 1.54) is 66.0 Å². The van der Waals surface area contributed by atoms with Crippen molar-refractivity contribution in [3.8, 4) is 73.6 Å². The Morgan fingerprint density at radius 2 is 1.01 bits per heavy atom. The van der Waals surface area contributed by atoms with Gasteiger partial charge in [0.25, 0.3) is 0 Å². The molecule has 0 bridgehead atoms. The standard InChI is InChI=1S/C61H40N6O/c1-61(2)49-34-38(41-23-14-24-45-46-32-33-47-44-22-12-13-27-52(44)67(40-20-10-5-11-21-40)55(47)54(46)63-53(41)45)28-30-42(49)43-31-29-39(35-50(43)61)58-64-57(36-16-6-3-7-17-36)65-59(66-58)48-25-15-26-51-56(48)68-60(62-51)37-18-8-4-9-19-37/h3-35,63H,1-2H3. The lowest BCUT2D eigenvalue weighted by atomic mass is 9.81. The molecule has 1 N–H and O–H groups in total. The molecule has 1 aliphatic rings. The molecule has 7 heteroatoms. The smallest absolute Gasteiger partial charge is 0.227 e. The fourth-order valence-electron chi connectivity index (χ4n) is 10.7. The van der Waals surface area contributed by atoms with Crippen molar-refractivity contribution >= 4 is 54.7 Å². The van der Waals surface area contributed by atoms with Gasteiger partial charge in [-0.3, -0.25) is 0 Å². The quantitative estimate of drug-likeness (QED) is 0.180. The molecule has 0 amide bonds. The summed E-state index contributed by atoms with van der Waals surface area (Å²) in [5.74, 6) is 2.26. The van der Waals surface area contributed by atoms with E-state index in [2.05, 4.69) is 145 Å². The van der Waals surface area contributed by atoms with Crippen LogP contribution >= 0.6 is 0 Å². The van der Waals surface area contributed by atoms with Crippen LogP contribution in [0.2, 0.25) is 0 Å². The molecule has 0 spiro atoms. The van der Waals surface area contributed by atoms with E-state index in [4.69, 9.17) is 24.4 Å². The molecule has 68 heavy (non-hydrogen) atoms. The molecule has 0 fully saturated rings. The second-order valence-electron chi connectivity index (χ2n) is 18.3. The summed E-state index contributed by atoms with van der Waals surface area (Å²) in [6, 6.07) is 70.3. The molecule has 14 rings (SSSR count). The largest absolute Gasteiger partial charge is 0.435 e. The second-order valence-corrected chi connectivity index (χ2v) is 18.3. The first-order valence-electron chi connectivity index (χ1n) is 23.1. The van der Waals surface area contributed by atoms with Crippen LogP contribution in [-0.4, -0.2) is 29.5 Å². The molecule has 0 saturated heterocycles. The number of rotatable bonds is 6. The molecule has 4 heterocycles. The summed E-state index contributed by atoms with van der Waals surface area (Å²) in [6.45, 7) is 4.66. The van der Waals surface area contributed by atoms with Crippen molar-refractivity contribution in [2.45, 2.75) is 19.3 Å². The summed E-state index contributed by atoms with van der Waals surface area (Å²) in [5, 5.41) is 4.89. The first kappa shape index (κ1) is 38.3. The summed E-state index contributed by atoms with van der Waals surface area (Å²) in [4.78, 5) is 24.2. The van der Waals surface area contributed by atoms with Crippen LogP contribution in [0.3, 0.4) is 0 Å². The van der Waals surface area contributed by atoms with Crippen molar-refractivity contribution in [2.75, 3.05) is 0 Å². The predicted octanol–water partition coefficient (Wildman–Crippen LogP) is 15.4. The van der Waals surface area contributed by atoms with Crippen LogP contribution in [0.25, 0.3) is 128 Å². The number of aromatic amines is 1. The van der Waals surface area contributed by atoms with Crippen molar-refractivity contribution in [3.63, 3.8) is 0 Å². The third-order valence-electron chi connectivity index (χ3n) is 14.0. The maximum Gasteiger partial charge on any atom is 0.227 e. The van der Waals surface area contributed by atoms with Crippen LogP contribution in [0, 0.1) is 0 Å². The van der Waals surface area contributed by atoms with Gasteiger partial charge < -0.3 is 14.0 Å². The van der Waals surface area contributed by atoms with Gasteiger partial charge in [-0.05, 0) is 82.4 Å². The Labute approximate surface area is 391 Å². The Morgan fingerprint density at radius 1 is 0.426 bits per heavy atom. The number of hydrogen-bond donors (Lipinski definition) is 1. The zero-order valence-electron chi connectivity index (χ0n) is 37.2. The number of nitrogens with one attached hydrogen (secondary N) is 1. The Hall–Kier alpha value is -8.94. The van der Waals surface area contributed by atoms with Crippen molar-refractivity contribution in [1.29, 1.82) is 0 Å². The number of nitrogens with zero attached hydrogens (tertiary/aromatic N) is 5. The van der Waals surface area contributed by atoms with Crippen molar-refractivity contribution < 1.29 is 4.42 Å². The minimum Gasteiger partial charge on any atom is -0.435 e. The van der Waals surface area contributed by atoms with Gasteiger partial charge in [-0.25, -0.2) is 19.9 Å². The minimum atomic E-state index is -0.314. The lowest BCUT2D eigenvalue weighted by Gasteiger charge is -2.22. The SMILES string of the molecule is CC1(C)c2cc(-c3nc(-c4ccccc4)nc(-c4cccc5nc(-c6ccccc6)oc45)n3)ccc2-c2ccc(-c3cccc4c3[nH]c3c4ccc4c5ccccc5n(-c5ccccc5)c43)cc21. The van der Waals surface area contributed by atoms with E-state index in [-0.39, 0.29) is 5.41 Å². The first-order valence-corrected chi connectivity index (χ1v) is 23.1. The highest BCUT2D eigenvalue weighted by molar-refractivity contribution is 6.24. The Bertz CT molecular complexity index is 4170. The summed E-state index contributed by atoms with van der Waals surface area (Å²) in [6.07, 6.45) is 0. The van der Waals surface area contributed by atoms with E-state index in [0.29, 0.717) is 28.9 Å². The number of fused-ring (bicyclic) bond motifs is 11. The molecule has 0 atom stereocenters. The van der Waals surface area contributed by atoms with Gasteiger partial charge in [-0.1, -0.05) is 159 Å². The highest BCUT2D eigenvalue weighted by Gasteiger charge is 2.36. The van der Waals surface area contributed by atoms with Crippen molar-refractivity contribution in [3.05, 3.63) is 211 Å². The average molecular weight is 873 g/mol. The zero-order chi connectivity index (χ0) is 45.1. The van der Waals surface area contributed by atoms with Crippen LogP contribution in [0.5, 0.6) is 0 Å². The molecular formula is C61H40N6O. The van der Waals surface area contributed by atoms with Crippen LogP contribution in [0.15, 0.2) is 205 Å². The lowest BCUT2D eigenvalue weighted by Crippen LogP contribution is -2.15. The van der Waals surface area contributed by atoms with Crippen LogP contribution < -0.4 is 0 Å². The van der Waals surface area contributed by atoms with Gasteiger partial charge >= 0.3 is 0 Å². The van der Waals surface area contributed by atoms with E-state index in [0.717, 1.165) is 44.5 Å². The van der Waals surface area contributed by atoms with E-state index in [1.807, 2.05) is 78.9 Å². The fraction of sp³-hybridized carbons (Fsp3) is 0.0492. The average Bonchev–Trinajstić information content (AvgIpc) is 4.15. The summed E-state index contributed by atoms with van der Waals surface area (Å²) in [7, 11) is 0. The van der Waals surface area contributed by atoms with Gasteiger partial charge in [-0.15, -0.1) is 0 Å². The van der Waals surface area contributed by atoms with Crippen molar-refractivity contribution in [2.24, 2.45) is 0 Å². The molecule has 13 aromatic rings. The Morgan fingerprint density at radius 3 is 1.79 bits per heavy atom. The monoisotopic (exact) mass is 872 g/mol. The predicted molar refractivity (Wildman–Crippen MR) is 276 cm³/mol. The van der Waals surface area contributed by atoms with E-state index < -0.39 is 0 Å². The van der Waals surface area contributed by atoms with E-state index in [9.17, 15) is 0 Å². The van der Waals surface area contributed by atoms with Crippen molar-refractivity contribution in [1.82, 2.24) is 29.5 Å². The normalized spacial score (nSPS) is 13.0. The summed E-state index contributed by atoms with van der Waals surface area (Å²) < 4.78 is 8.88. The number of benzene rings is 9. The molecular weight excluding hydrogens is 833 g/mol. The molecule has 320 valence electrons. The maximum absolute atomic E-state index is 6.47. The van der Waals surface area contributed by atoms with E-state index in [1.54, 1.807) is 0 Å². The highest BCUT2D eigenvalue weighted by Crippen LogP contribution is 2.51. The molecule has 0 unspecified atom stereocenters. The van der Waals surface area contributed by atoms with E-state index >= 15 is 0 Å². The Balaban J connectivity index is 0.882. The third-order valence-corrected chi connectivity index (χ3v) is 14.0. The first-order chi connectivity index (χ1) is 33.5. The number of para-hydroxylation sites is 4. The molecule has 0 radical (unpaired) electrons. The number of H-pyrrole nitrogens is 1. The minimum absolute atomic E-state index is 0.314. The number of oxazole rings is 1. The van der Waals surface area contributed by atoms with Crippen LogP contribution in [0.1, 0.15) is 25.0 Å². The van der Waals surface area contributed by atoms with Gasteiger partial charge in [-0.2, -0.15) is 0 Å². The topological polar surface area (TPSA) is 85.4 Å². The highest BCUT2D eigenvalue weighted by atomic mass is 16.3. The molecule has 0 aliphatic heterocycles. The molecule has 4 aromatic heterocycles. The number of aromatic nitrogens is 6. The van der Waals surface area contributed by atoms with Gasteiger partial charge in [0.05, 0.1) is 27.6 Å². The van der Waals surface area contributed by atoms with Crippen LogP contribution in [0.4, 0.5) is 0 Å². The van der Waals surface area contributed by atoms with Gasteiger partial charge in [0.15, 0.2) is 23.1 Å². The van der Waals surface area contributed by atoms with Gasteiger partial charge in [0.1, 0.15) is 5.52 Å². The maximum atomic E-state index is 6.47. The molecule has 7 nitrogen and oxygen atoms in total. The number of hydrogen-bond acceptors (Lipinski definition) is 5. The van der Waals surface area contributed by atoms with Crippen LogP contribution in [-0.2, 0) is 5.41 Å². The molecule has 9 aromatic carbocycles. The molecule has 0 saturated carbocycles.